The van der Waals surface area contributed by atoms with Crippen molar-refractivity contribution in [3.63, 3.8) is 0 Å². The lowest BCUT2D eigenvalue weighted by Crippen LogP contribution is -2.63. The van der Waals surface area contributed by atoms with Crippen molar-refractivity contribution in [2.45, 2.75) is 74.3 Å². The number of rotatable bonds is 10. The van der Waals surface area contributed by atoms with Gasteiger partial charge in [-0.2, -0.15) is 20.4 Å². The Hall–Kier alpha value is -5.58. The van der Waals surface area contributed by atoms with Gasteiger partial charge in [-0.1, -0.05) is 41.5 Å². The van der Waals surface area contributed by atoms with Crippen LogP contribution in [0.15, 0.2) is 32.9 Å². The van der Waals surface area contributed by atoms with Crippen LogP contribution in [0.3, 0.4) is 0 Å². The summed E-state index contributed by atoms with van der Waals surface area (Å²) in [6.45, 7) is 15.5. The first kappa shape index (κ1) is 43.6. The number of carbonyl (C=O) groups excluding carboxylic acids is 2. The highest BCUT2D eigenvalue weighted by atomic mass is 16.5. The third-order valence-corrected chi connectivity index (χ3v) is 7.15. The molecule has 1 saturated heterocycles. The molecule has 1 fully saturated rings. The van der Waals surface area contributed by atoms with Gasteiger partial charge in [0.1, 0.15) is 11.1 Å². The van der Waals surface area contributed by atoms with Crippen molar-refractivity contribution < 1.29 is 23.8 Å². The van der Waals surface area contributed by atoms with Gasteiger partial charge < -0.3 is 25.3 Å². The molecule has 0 saturated carbocycles. The lowest BCUT2D eigenvalue weighted by Gasteiger charge is -2.38. The Morgan fingerprint density at radius 1 is 0.736 bits per heavy atom. The molecule has 1 aliphatic heterocycles. The summed E-state index contributed by atoms with van der Waals surface area (Å²) in [5, 5.41) is 47.5. The van der Waals surface area contributed by atoms with Crippen molar-refractivity contribution in [3.05, 3.63) is 34.9 Å². The standard InChI is InChI=1S/C25H35N17O5.3C2H6/c1-11-15(33-35-18-13(21(43)45-6)9-28-39(18)4)17(26)41(37-11)23-30-24(32-25(31-23)47-8)42-20(27-3)16(12(2)38-42)34-36-19-14(22(44)46-7)10-29-40(19)5;3*1-2/h9-10,23-25,27,30-32H,26H2,1-8H3;3*1-2H3. The predicted octanol–water partition coefficient (Wildman–Crippen LogP) is 4.59. The first-order valence-corrected chi connectivity index (χ1v) is 17.0. The van der Waals surface area contributed by atoms with Gasteiger partial charge in [0, 0.05) is 28.3 Å². The molecular weight excluding hydrogens is 690 g/mol. The van der Waals surface area contributed by atoms with Crippen LogP contribution in [0, 0.1) is 13.8 Å². The second-order valence-corrected chi connectivity index (χ2v) is 10.1. The van der Waals surface area contributed by atoms with Crippen LogP contribution in [0.25, 0.3) is 0 Å². The number of ether oxygens (including phenoxy) is 3. The fourth-order valence-corrected chi connectivity index (χ4v) is 4.76. The Morgan fingerprint density at radius 3 is 1.62 bits per heavy atom. The normalized spacial score (nSPS) is 16.6. The van der Waals surface area contributed by atoms with E-state index >= 15 is 0 Å². The smallest absolute Gasteiger partial charge is 0.343 e. The molecule has 1 aliphatic rings. The Labute approximate surface area is 308 Å². The summed E-state index contributed by atoms with van der Waals surface area (Å²) < 4.78 is 21.1. The molecule has 22 nitrogen and oxygen atoms in total. The first-order chi connectivity index (χ1) is 25.5. The van der Waals surface area contributed by atoms with Crippen molar-refractivity contribution in [1.82, 2.24) is 55.1 Å². The lowest BCUT2D eigenvalue weighted by molar-refractivity contribution is -0.0440. The zero-order valence-corrected chi connectivity index (χ0v) is 32.9. The summed E-state index contributed by atoms with van der Waals surface area (Å²) in [6, 6.07) is 0. The van der Waals surface area contributed by atoms with E-state index in [-0.39, 0.29) is 34.3 Å². The molecule has 4 aromatic heterocycles. The lowest BCUT2D eigenvalue weighted by atomic mass is 10.3. The number of azo groups is 2. The Bertz CT molecular complexity index is 1850. The van der Waals surface area contributed by atoms with E-state index in [2.05, 4.69) is 62.1 Å². The van der Waals surface area contributed by atoms with Crippen LogP contribution in [-0.4, -0.2) is 85.8 Å². The number of aromatic nitrogens is 8. The third kappa shape index (κ3) is 9.46. The molecule has 5 rings (SSSR count). The van der Waals surface area contributed by atoms with E-state index in [0.717, 1.165) is 0 Å². The van der Waals surface area contributed by atoms with E-state index in [0.29, 0.717) is 22.9 Å². The molecule has 0 bridgehead atoms. The first-order valence-electron chi connectivity index (χ1n) is 17.0. The highest BCUT2D eigenvalue weighted by molar-refractivity contribution is 5.94. The molecule has 0 aliphatic carbocycles. The number of hydrogen-bond acceptors (Lipinski definition) is 18. The van der Waals surface area contributed by atoms with Crippen molar-refractivity contribution >= 4 is 46.6 Å². The number of hydrogen-bond donors (Lipinski definition) is 5. The van der Waals surface area contributed by atoms with Gasteiger partial charge in [0.25, 0.3) is 0 Å². The molecular formula is C31H53N17O5. The number of carbonyl (C=O) groups is 2. The van der Waals surface area contributed by atoms with Gasteiger partial charge in [-0.3, -0.25) is 0 Å². The maximum Gasteiger partial charge on any atom is 0.343 e. The predicted molar refractivity (Wildman–Crippen MR) is 198 cm³/mol. The molecule has 0 aromatic carbocycles. The summed E-state index contributed by atoms with van der Waals surface area (Å²) >= 11 is 0. The molecule has 4 aromatic rings. The van der Waals surface area contributed by atoms with Gasteiger partial charge in [-0.25, -0.2) is 44.3 Å². The monoisotopic (exact) mass is 743 g/mol. The number of nitrogens with one attached hydrogen (secondary N) is 4. The Kier molecular flexibility index (Phi) is 16.8. The number of nitrogen functional groups attached to an aromatic ring is 1. The topological polar surface area (TPSA) is 257 Å². The molecule has 3 atom stereocenters. The zero-order chi connectivity index (χ0) is 40.0. The molecule has 6 N–H and O–H groups in total. The van der Waals surface area contributed by atoms with Gasteiger partial charge in [0.2, 0.25) is 0 Å². The summed E-state index contributed by atoms with van der Waals surface area (Å²) in [5.74, 6) is -0.127. The Balaban J connectivity index is 0.00000154. The van der Waals surface area contributed by atoms with Crippen LogP contribution >= 0.6 is 0 Å². The van der Waals surface area contributed by atoms with Crippen molar-refractivity contribution in [2.24, 2.45) is 34.6 Å². The van der Waals surface area contributed by atoms with Crippen molar-refractivity contribution in [3.8, 4) is 0 Å². The van der Waals surface area contributed by atoms with Crippen LogP contribution in [0.2, 0.25) is 0 Å². The van der Waals surface area contributed by atoms with Gasteiger partial charge in [-0.15, -0.1) is 20.5 Å². The maximum atomic E-state index is 12.2. The van der Waals surface area contributed by atoms with Crippen LogP contribution in [-0.2, 0) is 28.3 Å². The van der Waals surface area contributed by atoms with Gasteiger partial charge >= 0.3 is 11.9 Å². The second-order valence-electron chi connectivity index (χ2n) is 10.1. The molecule has 0 radical (unpaired) electrons. The van der Waals surface area contributed by atoms with E-state index in [1.165, 1.54) is 47.8 Å². The second kappa shape index (κ2) is 20.5. The molecule has 0 spiro atoms. The SMILES string of the molecule is CC.CC.CC.CNc1c(N=Nc2c(C(=O)OC)cnn2C)c(C)nn1C1NC(OC)NC(n2nc(C)c(N=Nc3c(C(=O)OC)cnn3C)c2N)N1. The van der Waals surface area contributed by atoms with E-state index in [4.69, 9.17) is 19.9 Å². The average molecular weight is 744 g/mol. The summed E-state index contributed by atoms with van der Waals surface area (Å²) in [7, 11) is 9.03. The van der Waals surface area contributed by atoms with Gasteiger partial charge in [0.15, 0.2) is 53.6 Å². The minimum atomic E-state index is -0.729. The number of esters is 2. The van der Waals surface area contributed by atoms with Crippen molar-refractivity contribution in [2.75, 3.05) is 39.4 Å². The minimum Gasteiger partial charge on any atom is -0.465 e. The minimum absolute atomic E-state index is 0.146. The molecule has 0 amide bonds. The highest BCUT2D eigenvalue weighted by Gasteiger charge is 2.34. The largest absolute Gasteiger partial charge is 0.465 e. The number of methoxy groups -OCH3 is 3. The average Bonchev–Trinajstić information content (AvgIpc) is 3.93. The van der Waals surface area contributed by atoms with E-state index in [1.54, 1.807) is 39.7 Å². The molecule has 22 heteroatoms. The van der Waals surface area contributed by atoms with E-state index in [9.17, 15) is 9.59 Å². The zero-order valence-electron chi connectivity index (χ0n) is 32.9. The quantitative estimate of drug-likeness (QED) is 0.110. The number of anilines is 2. The molecule has 3 unspecified atom stereocenters. The fraction of sp³-hybridized carbons (Fsp3) is 0.548. The van der Waals surface area contributed by atoms with Crippen LogP contribution in [0.4, 0.5) is 34.6 Å². The molecule has 5 heterocycles. The summed E-state index contributed by atoms with van der Waals surface area (Å²) in [4.78, 5) is 24.3. The maximum absolute atomic E-state index is 12.2. The van der Waals surface area contributed by atoms with Crippen LogP contribution < -0.4 is 27.0 Å². The van der Waals surface area contributed by atoms with Gasteiger partial charge in [-0.05, 0) is 13.8 Å². The number of nitrogens with zero attached hydrogens (tertiary/aromatic N) is 12. The molecule has 53 heavy (non-hydrogen) atoms. The van der Waals surface area contributed by atoms with Crippen molar-refractivity contribution in [1.29, 1.82) is 0 Å². The highest BCUT2D eigenvalue weighted by Crippen LogP contribution is 2.35. The third-order valence-electron chi connectivity index (χ3n) is 7.15. The molecule has 292 valence electrons. The Morgan fingerprint density at radius 2 is 1.17 bits per heavy atom. The fourth-order valence-electron chi connectivity index (χ4n) is 4.76. The van der Waals surface area contributed by atoms with Crippen LogP contribution in [0.1, 0.15) is 86.2 Å². The van der Waals surface area contributed by atoms with E-state index in [1.807, 2.05) is 41.5 Å². The van der Waals surface area contributed by atoms with E-state index < -0.39 is 30.9 Å². The summed E-state index contributed by atoms with van der Waals surface area (Å²) in [6.07, 6.45) is 0.595. The summed E-state index contributed by atoms with van der Waals surface area (Å²) in [5.41, 5.74) is 8.53. The number of aryl methyl sites for hydroxylation is 4. The van der Waals surface area contributed by atoms with Gasteiger partial charge in [0.05, 0.1) is 38.0 Å². The van der Waals surface area contributed by atoms with Crippen LogP contribution in [0.5, 0.6) is 0 Å². The number of nitrogens with two attached hydrogens (primary N) is 1.